The van der Waals surface area contributed by atoms with Crippen LogP contribution in [0.2, 0.25) is 0 Å². The quantitative estimate of drug-likeness (QED) is 0.513. The molecule has 7 heteroatoms. The second-order valence-corrected chi connectivity index (χ2v) is 3.84. The standard InChI is InChI=1S/C12H20N4O3/c1-18-7-5-16(6-8-19-2)12(17)10-9-14-4-3-11(10)15-13/h3-4,9H,5-8,13H2,1-2H3,(H,14,15). The molecule has 0 bridgehead atoms. The minimum absolute atomic E-state index is 0.157. The lowest BCUT2D eigenvalue weighted by Gasteiger charge is -2.22. The molecule has 1 aromatic rings. The van der Waals surface area contributed by atoms with E-state index in [-0.39, 0.29) is 5.91 Å². The molecule has 19 heavy (non-hydrogen) atoms. The van der Waals surface area contributed by atoms with E-state index in [0.717, 1.165) is 0 Å². The Kier molecular flexibility index (Phi) is 6.80. The molecule has 0 atom stereocenters. The summed E-state index contributed by atoms with van der Waals surface area (Å²) in [5.41, 5.74) is 3.46. The third-order valence-electron chi connectivity index (χ3n) is 2.62. The van der Waals surface area contributed by atoms with Gasteiger partial charge in [-0.15, -0.1) is 0 Å². The van der Waals surface area contributed by atoms with Crippen LogP contribution in [0.5, 0.6) is 0 Å². The molecule has 1 aromatic heterocycles. The fourth-order valence-electron chi connectivity index (χ4n) is 1.58. The van der Waals surface area contributed by atoms with Gasteiger partial charge in [-0.1, -0.05) is 0 Å². The Hall–Kier alpha value is -1.70. The van der Waals surface area contributed by atoms with Crippen LogP contribution in [-0.2, 0) is 9.47 Å². The van der Waals surface area contributed by atoms with Crippen molar-refractivity contribution in [2.45, 2.75) is 0 Å². The molecule has 0 spiro atoms. The lowest BCUT2D eigenvalue weighted by atomic mass is 10.2. The summed E-state index contributed by atoms with van der Waals surface area (Å²) >= 11 is 0. The van der Waals surface area contributed by atoms with E-state index in [1.54, 1.807) is 31.4 Å². The predicted octanol–water partition coefficient (Wildman–Crippen LogP) is 0.102. The van der Waals surface area contributed by atoms with Crippen LogP contribution >= 0.6 is 0 Å². The van der Waals surface area contributed by atoms with Crippen LogP contribution in [0.4, 0.5) is 5.69 Å². The second kappa shape index (κ2) is 8.41. The molecule has 1 rings (SSSR count). The smallest absolute Gasteiger partial charge is 0.257 e. The van der Waals surface area contributed by atoms with Crippen LogP contribution < -0.4 is 11.3 Å². The fourth-order valence-corrected chi connectivity index (χ4v) is 1.58. The Labute approximate surface area is 112 Å². The molecule has 1 heterocycles. The topological polar surface area (TPSA) is 89.7 Å². The van der Waals surface area contributed by atoms with Crippen molar-refractivity contribution in [2.75, 3.05) is 45.9 Å². The Morgan fingerprint density at radius 1 is 1.37 bits per heavy atom. The lowest BCUT2D eigenvalue weighted by Crippen LogP contribution is -2.37. The molecular formula is C12H20N4O3. The normalized spacial score (nSPS) is 10.3. The van der Waals surface area contributed by atoms with Crippen LogP contribution in [0.3, 0.4) is 0 Å². The highest BCUT2D eigenvalue weighted by Gasteiger charge is 2.18. The van der Waals surface area contributed by atoms with Crippen LogP contribution in [0.25, 0.3) is 0 Å². The maximum absolute atomic E-state index is 12.4. The second-order valence-electron chi connectivity index (χ2n) is 3.84. The van der Waals surface area contributed by atoms with Crippen molar-refractivity contribution in [3.8, 4) is 0 Å². The number of pyridine rings is 1. The number of hydrazine groups is 1. The van der Waals surface area contributed by atoms with Gasteiger partial charge in [-0.05, 0) is 6.07 Å². The van der Waals surface area contributed by atoms with E-state index in [1.165, 1.54) is 6.20 Å². The van der Waals surface area contributed by atoms with Crippen molar-refractivity contribution >= 4 is 11.6 Å². The van der Waals surface area contributed by atoms with Crippen LogP contribution in [0.15, 0.2) is 18.5 Å². The zero-order valence-electron chi connectivity index (χ0n) is 11.3. The van der Waals surface area contributed by atoms with Crippen LogP contribution in [0.1, 0.15) is 10.4 Å². The van der Waals surface area contributed by atoms with E-state index in [1.807, 2.05) is 0 Å². The van der Waals surface area contributed by atoms with E-state index in [9.17, 15) is 4.79 Å². The van der Waals surface area contributed by atoms with Crippen LogP contribution in [-0.4, -0.2) is 56.3 Å². The van der Waals surface area contributed by atoms with Gasteiger partial charge in [0.25, 0.3) is 5.91 Å². The van der Waals surface area contributed by atoms with E-state index < -0.39 is 0 Å². The van der Waals surface area contributed by atoms with Crippen molar-refractivity contribution in [3.05, 3.63) is 24.0 Å². The van der Waals surface area contributed by atoms with Crippen molar-refractivity contribution < 1.29 is 14.3 Å². The first kappa shape index (κ1) is 15.4. The number of nitrogens with two attached hydrogens (primary N) is 1. The number of anilines is 1. The summed E-state index contributed by atoms with van der Waals surface area (Å²) in [7, 11) is 3.19. The maximum atomic E-state index is 12.4. The maximum Gasteiger partial charge on any atom is 0.257 e. The number of nitrogen functional groups attached to an aromatic ring is 1. The SMILES string of the molecule is COCCN(CCOC)C(=O)c1cnccc1NN. The number of amides is 1. The number of nitrogens with zero attached hydrogens (tertiary/aromatic N) is 2. The number of methoxy groups -OCH3 is 2. The van der Waals surface area contributed by atoms with Crippen molar-refractivity contribution in [3.63, 3.8) is 0 Å². The molecule has 0 aromatic carbocycles. The monoisotopic (exact) mass is 268 g/mol. The molecule has 1 amide bonds. The largest absolute Gasteiger partial charge is 0.383 e. The molecule has 0 unspecified atom stereocenters. The number of carbonyl (C=O) groups excluding carboxylic acids is 1. The van der Waals surface area contributed by atoms with E-state index in [4.69, 9.17) is 15.3 Å². The number of ether oxygens (including phenoxy) is 2. The Morgan fingerprint density at radius 3 is 2.53 bits per heavy atom. The number of nitrogens with one attached hydrogen (secondary N) is 1. The van der Waals surface area contributed by atoms with Crippen molar-refractivity contribution in [2.24, 2.45) is 5.84 Å². The van der Waals surface area contributed by atoms with Gasteiger partial charge in [-0.2, -0.15) is 0 Å². The molecule has 106 valence electrons. The third-order valence-corrected chi connectivity index (χ3v) is 2.62. The first-order valence-electron chi connectivity index (χ1n) is 5.92. The zero-order valence-corrected chi connectivity index (χ0v) is 11.3. The van der Waals surface area contributed by atoms with Crippen molar-refractivity contribution in [1.82, 2.24) is 9.88 Å². The highest BCUT2D eigenvalue weighted by molar-refractivity contribution is 5.99. The average molecular weight is 268 g/mol. The number of hydrogen-bond acceptors (Lipinski definition) is 6. The predicted molar refractivity (Wildman–Crippen MR) is 71.7 cm³/mol. The molecule has 0 saturated heterocycles. The van der Waals surface area contributed by atoms with Gasteiger partial charge in [0.1, 0.15) is 0 Å². The van der Waals surface area contributed by atoms with Gasteiger partial charge in [0.2, 0.25) is 0 Å². The molecule has 7 nitrogen and oxygen atoms in total. The number of rotatable bonds is 8. The van der Waals surface area contributed by atoms with Gasteiger partial charge in [-0.3, -0.25) is 15.6 Å². The molecular weight excluding hydrogens is 248 g/mol. The Morgan fingerprint density at radius 2 is 2.00 bits per heavy atom. The summed E-state index contributed by atoms with van der Waals surface area (Å²) in [5.74, 6) is 5.23. The average Bonchev–Trinajstić information content (AvgIpc) is 2.46. The molecule has 0 aliphatic carbocycles. The molecule has 0 saturated carbocycles. The van der Waals surface area contributed by atoms with Gasteiger partial charge in [-0.25, -0.2) is 0 Å². The van der Waals surface area contributed by atoms with Gasteiger partial charge in [0.15, 0.2) is 0 Å². The van der Waals surface area contributed by atoms with Gasteiger partial charge in [0.05, 0.1) is 24.5 Å². The first-order valence-corrected chi connectivity index (χ1v) is 5.92. The van der Waals surface area contributed by atoms with Gasteiger partial charge >= 0.3 is 0 Å². The Balaban J connectivity index is 2.84. The van der Waals surface area contributed by atoms with Crippen molar-refractivity contribution in [1.29, 1.82) is 0 Å². The van der Waals surface area contributed by atoms with Crippen LogP contribution in [0, 0.1) is 0 Å². The molecule has 0 aliphatic rings. The molecule has 3 N–H and O–H groups in total. The fraction of sp³-hybridized carbons (Fsp3) is 0.500. The first-order chi connectivity index (χ1) is 9.24. The zero-order chi connectivity index (χ0) is 14.1. The summed E-state index contributed by atoms with van der Waals surface area (Å²) in [6, 6.07) is 1.65. The number of aromatic nitrogens is 1. The number of carbonyl (C=O) groups is 1. The van der Waals surface area contributed by atoms with E-state index in [0.29, 0.717) is 37.6 Å². The Bertz CT molecular complexity index is 392. The lowest BCUT2D eigenvalue weighted by molar-refractivity contribution is 0.0628. The molecule has 0 aliphatic heterocycles. The van der Waals surface area contributed by atoms with E-state index in [2.05, 4.69) is 10.4 Å². The summed E-state index contributed by atoms with van der Waals surface area (Å²) < 4.78 is 10.0. The third kappa shape index (κ3) is 4.47. The molecule has 0 radical (unpaired) electrons. The minimum atomic E-state index is -0.157. The number of hydrogen-bond donors (Lipinski definition) is 2. The summed E-state index contributed by atoms with van der Waals surface area (Å²) in [6.45, 7) is 1.89. The highest BCUT2D eigenvalue weighted by atomic mass is 16.5. The molecule has 0 fully saturated rings. The van der Waals surface area contributed by atoms with Gasteiger partial charge < -0.3 is 19.8 Å². The summed E-state index contributed by atoms with van der Waals surface area (Å²) in [6.07, 6.45) is 3.06. The van der Waals surface area contributed by atoms with Gasteiger partial charge in [0, 0.05) is 39.7 Å². The minimum Gasteiger partial charge on any atom is -0.383 e. The highest BCUT2D eigenvalue weighted by Crippen LogP contribution is 2.14. The summed E-state index contributed by atoms with van der Waals surface area (Å²) in [5, 5.41) is 0. The summed E-state index contributed by atoms with van der Waals surface area (Å²) in [4.78, 5) is 18.0. The van der Waals surface area contributed by atoms with E-state index >= 15 is 0 Å².